The lowest BCUT2D eigenvalue weighted by atomic mass is 9.45. The Morgan fingerprint density at radius 2 is 2.22 bits per heavy atom. The van der Waals surface area contributed by atoms with Gasteiger partial charge in [0.2, 0.25) is 0 Å². The minimum absolute atomic E-state index is 0.0411. The van der Waals surface area contributed by atoms with Crippen LogP contribution >= 0.6 is 0 Å². The predicted octanol–water partition coefficient (Wildman–Crippen LogP) is 3.58. The zero-order valence-corrected chi connectivity index (χ0v) is 16.6. The molecule has 3 aliphatic heterocycles. The summed E-state index contributed by atoms with van der Waals surface area (Å²) in [7, 11) is 1.46. The molecule has 0 N–H and O–H groups in total. The highest BCUT2D eigenvalue weighted by Gasteiger charge is 2.60. The Morgan fingerprint density at radius 1 is 1.41 bits per heavy atom. The molecule has 5 heteroatoms. The first-order chi connectivity index (χ1) is 12.9. The first-order valence-corrected chi connectivity index (χ1v) is 10.1. The average Bonchev–Trinajstić information content (AvgIpc) is 3.09. The summed E-state index contributed by atoms with van der Waals surface area (Å²) in [5, 5.41) is 0. The second-order valence-corrected chi connectivity index (χ2v) is 9.09. The summed E-state index contributed by atoms with van der Waals surface area (Å²) in [5.41, 5.74) is 2.46. The van der Waals surface area contributed by atoms with Gasteiger partial charge >= 0.3 is 11.9 Å². The highest BCUT2D eigenvalue weighted by molar-refractivity contribution is 5.85. The van der Waals surface area contributed by atoms with E-state index in [1.165, 1.54) is 12.7 Å². The zero-order valence-electron chi connectivity index (χ0n) is 16.6. The number of fused-ring (bicyclic) bond motifs is 1. The van der Waals surface area contributed by atoms with Gasteiger partial charge in [0.25, 0.3) is 0 Å². The van der Waals surface area contributed by atoms with Crippen LogP contribution in [0.2, 0.25) is 0 Å². The molecule has 0 amide bonds. The molecule has 0 aromatic carbocycles. The lowest BCUT2D eigenvalue weighted by Gasteiger charge is -2.63. The van der Waals surface area contributed by atoms with Gasteiger partial charge in [-0.2, -0.15) is 0 Å². The van der Waals surface area contributed by atoms with E-state index in [2.05, 4.69) is 19.9 Å². The predicted molar refractivity (Wildman–Crippen MR) is 99.8 cm³/mol. The second-order valence-electron chi connectivity index (χ2n) is 9.09. The Labute approximate surface area is 161 Å². The van der Waals surface area contributed by atoms with Crippen LogP contribution in [0.15, 0.2) is 23.3 Å². The number of carbonyl (C=O) groups is 2. The van der Waals surface area contributed by atoms with Crippen molar-refractivity contribution in [2.75, 3.05) is 20.3 Å². The molecule has 27 heavy (non-hydrogen) atoms. The fraction of sp³-hybridized carbons (Fsp3) is 0.727. The third-order valence-electron chi connectivity index (χ3n) is 7.93. The van der Waals surface area contributed by atoms with Crippen molar-refractivity contribution in [3.05, 3.63) is 23.3 Å². The number of rotatable bonds is 5. The number of hydrogen-bond donors (Lipinski definition) is 0. The minimum atomic E-state index is -0.211. The fourth-order valence-corrected chi connectivity index (χ4v) is 6.03. The third kappa shape index (κ3) is 3.04. The molecule has 1 saturated carbocycles. The van der Waals surface area contributed by atoms with Crippen LogP contribution in [0.1, 0.15) is 52.4 Å². The summed E-state index contributed by atoms with van der Waals surface area (Å²) in [6, 6.07) is 0. The molecule has 5 aliphatic rings. The number of methoxy groups -OCH3 is 1. The molecule has 1 saturated heterocycles. The van der Waals surface area contributed by atoms with Crippen LogP contribution in [0, 0.1) is 22.7 Å². The second kappa shape index (κ2) is 6.77. The largest absolute Gasteiger partial charge is 0.469 e. The highest BCUT2D eigenvalue weighted by atomic mass is 16.5. The molecule has 5 nitrogen and oxygen atoms in total. The Kier molecular flexibility index (Phi) is 4.69. The van der Waals surface area contributed by atoms with Gasteiger partial charge in [-0.3, -0.25) is 4.79 Å². The van der Waals surface area contributed by atoms with Crippen molar-refractivity contribution in [3.8, 4) is 0 Å². The summed E-state index contributed by atoms with van der Waals surface area (Å²) in [5.74, 6) is 0.729. The van der Waals surface area contributed by atoms with E-state index in [0.717, 1.165) is 44.3 Å². The summed E-state index contributed by atoms with van der Waals surface area (Å²) < 4.78 is 16.1. The van der Waals surface area contributed by atoms with Crippen molar-refractivity contribution >= 4 is 11.9 Å². The first kappa shape index (κ1) is 18.7. The van der Waals surface area contributed by atoms with E-state index < -0.39 is 0 Å². The molecule has 0 aromatic heterocycles. The molecule has 3 heterocycles. The molecule has 5 unspecified atom stereocenters. The fourth-order valence-electron chi connectivity index (χ4n) is 6.03. The summed E-state index contributed by atoms with van der Waals surface area (Å²) in [6.45, 7) is 5.94. The maximum Gasteiger partial charge on any atom is 0.331 e. The molecule has 0 aromatic rings. The molecule has 2 aliphatic carbocycles. The molecule has 5 atom stereocenters. The normalized spacial score (nSPS) is 40.1. The molecule has 0 radical (unpaired) electrons. The van der Waals surface area contributed by atoms with E-state index in [1.807, 2.05) is 0 Å². The molecule has 5 rings (SSSR count). The van der Waals surface area contributed by atoms with Crippen LogP contribution in [0.3, 0.4) is 0 Å². The van der Waals surface area contributed by atoms with Gasteiger partial charge in [0.15, 0.2) is 0 Å². The molecule has 2 fully saturated rings. The molecular weight excluding hydrogens is 344 g/mol. The summed E-state index contributed by atoms with van der Waals surface area (Å²) >= 11 is 0. The first-order valence-electron chi connectivity index (χ1n) is 10.1. The SMILES string of the molecule is COC(=O)CC1=CC2CC3C1(CCC(C)C3(C)CCC1=CC(=O)OC1)CO2. The van der Waals surface area contributed by atoms with Gasteiger partial charge in [-0.15, -0.1) is 0 Å². The van der Waals surface area contributed by atoms with Gasteiger partial charge in [-0.25, -0.2) is 4.79 Å². The smallest absolute Gasteiger partial charge is 0.331 e. The van der Waals surface area contributed by atoms with Crippen LogP contribution in [0.25, 0.3) is 0 Å². The number of carbonyl (C=O) groups excluding carboxylic acids is 2. The Hall–Kier alpha value is -1.62. The monoisotopic (exact) mass is 374 g/mol. The van der Waals surface area contributed by atoms with Crippen molar-refractivity contribution in [1.29, 1.82) is 0 Å². The summed E-state index contributed by atoms with van der Waals surface area (Å²) in [6.07, 6.45) is 9.52. The topological polar surface area (TPSA) is 61.8 Å². The van der Waals surface area contributed by atoms with Crippen molar-refractivity contribution in [3.63, 3.8) is 0 Å². The number of hydrogen-bond acceptors (Lipinski definition) is 5. The average molecular weight is 374 g/mol. The third-order valence-corrected chi connectivity index (χ3v) is 7.93. The van der Waals surface area contributed by atoms with Gasteiger partial charge in [0.1, 0.15) is 6.61 Å². The van der Waals surface area contributed by atoms with Crippen LogP contribution < -0.4 is 0 Å². The maximum absolute atomic E-state index is 12.0. The molecule has 2 bridgehead atoms. The van der Waals surface area contributed by atoms with Crippen molar-refractivity contribution in [1.82, 2.24) is 0 Å². The Balaban J connectivity index is 1.60. The van der Waals surface area contributed by atoms with Gasteiger partial charge in [-0.1, -0.05) is 25.5 Å². The quantitative estimate of drug-likeness (QED) is 0.544. The molecule has 1 spiro atoms. The number of ether oxygens (including phenoxy) is 3. The van der Waals surface area contributed by atoms with E-state index in [4.69, 9.17) is 14.2 Å². The molecule has 148 valence electrons. The lowest BCUT2D eigenvalue weighted by Crippen LogP contribution is -2.59. The summed E-state index contributed by atoms with van der Waals surface area (Å²) in [4.78, 5) is 23.4. The van der Waals surface area contributed by atoms with Crippen LogP contribution in [-0.2, 0) is 23.8 Å². The van der Waals surface area contributed by atoms with Crippen molar-refractivity contribution < 1.29 is 23.8 Å². The zero-order chi connectivity index (χ0) is 19.2. The van der Waals surface area contributed by atoms with Gasteiger partial charge in [-0.05, 0) is 54.9 Å². The van der Waals surface area contributed by atoms with Crippen LogP contribution in [0.5, 0.6) is 0 Å². The lowest BCUT2D eigenvalue weighted by molar-refractivity contribution is -0.165. The number of cyclic esters (lactones) is 1. The van der Waals surface area contributed by atoms with Gasteiger partial charge in [0.05, 0.1) is 26.2 Å². The number of esters is 2. The molecular formula is C22H30O5. The Bertz CT molecular complexity index is 707. The standard InChI is InChI=1S/C22H30O5/c1-14-4-7-22-13-27-17(9-16(22)10-19(23)25-3)11-18(22)21(14,2)6-5-15-8-20(24)26-12-15/h8-9,14,17-18H,4-7,10-13H2,1-3H3. The van der Waals surface area contributed by atoms with Crippen molar-refractivity contribution in [2.45, 2.75) is 58.5 Å². The van der Waals surface area contributed by atoms with E-state index in [-0.39, 0.29) is 28.9 Å². The van der Waals surface area contributed by atoms with Crippen LogP contribution in [0.4, 0.5) is 0 Å². The minimum Gasteiger partial charge on any atom is -0.469 e. The highest BCUT2D eigenvalue weighted by Crippen LogP contribution is 2.65. The van der Waals surface area contributed by atoms with Gasteiger partial charge in [0, 0.05) is 11.5 Å². The van der Waals surface area contributed by atoms with Crippen LogP contribution in [-0.4, -0.2) is 38.4 Å². The van der Waals surface area contributed by atoms with E-state index >= 15 is 0 Å². The van der Waals surface area contributed by atoms with E-state index in [0.29, 0.717) is 24.9 Å². The van der Waals surface area contributed by atoms with Crippen molar-refractivity contribution in [2.24, 2.45) is 22.7 Å². The van der Waals surface area contributed by atoms with Gasteiger partial charge < -0.3 is 14.2 Å². The van der Waals surface area contributed by atoms with E-state index in [9.17, 15) is 9.59 Å². The maximum atomic E-state index is 12.0. The van der Waals surface area contributed by atoms with E-state index in [1.54, 1.807) is 6.08 Å². The Morgan fingerprint density at radius 3 is 2.93 bits per heavy atom.